The van der Waals surface area contributed by atoms with Crippen molar-refractivity contribution in [2.24, 2.45) is 5.92 Å². The Morgan fingerprint density at radius 2 is 1.55 bits per heavy atom. The maximum absolute atomic E-state index is 12.3. The SMILES string of the molecule is CCCCC(S)(CCCC)C(=O)OCCCCCC(C)C.[SnH2]. The Balaban J connectivity index is 0. The minimum atomic E-state index is -0.566. The number of hydrogen-bond donors (Lipinski definition) is 1. The van der Waals surface area contributed by atoms with Gasteiger partial charge in [0.1, 0.15) is 4.75 Å². The molecule has 0 unspecified atom stereocenters. The standard InChI is InChI=1S/C18H36O2S.Sn.2H/c1-5-7-13-18(21,14-8-6-2)17(19)20-15-11-9-10-12-16(3)4;;;/h16,21H,5-15H2,1-4H3;;;. The average molecular weight is 437 g/mol. The van der Waals surface area contributed by atoms with Gasteiger partial charge in [-0.25, -0.2) is 0 Å². The van der Waals surface area contributed by atoms with E-state index < -0.39 is 4.75 Å². The van der Waals surface area contributed by atoms with Gasteiger partial charge in [-0.2, -0.15) is 12.6 Å². The molecule has 0 aromatic carbocycles. The molecule has 0 aliphatic carbocycles. The Morgan fingerprint density at radius 1 is 1.00 bits per heavy atom. The van der Waals surface area contributed by atoms with Gasteiger partial charge in [-0.1, -0.05) is 72.6 Å². The Hall–Kier alpha value is 0.619. The van der Waals surface area contributed by atoms with Crippen molar-refractivity contribution >= 4 is 42.5 Å². The van der Waals surface area contributed by atoms with E-state index in [1.165, 1.54) is 12.8 Å². The molecule has 0 saturated carbocycles. The summed E-state index contributed by atoms with van der Waals surface area (Å²) in [6.45, 7) is 9.34. The first-order valence-corrected chi connectivity index (χ1v) is 9.30. The summed E-state index contributed by atoms with van der Waals surface area (Å²) in [5.41, 5.74) is 0. The summed E-state index contributed by atoms with van der Waals surface area (Å²) < 4.78 is 4.93. The van der Waals surface area contributed by atoms with Crippen LogP contribution in [0.4, 0.5) is 0 Å². The molecule has 0 heterocycles. The molecule has 0 fully saturated rings. The molecule has 2 radical (unpaired) electrons. The predicted molar refractivity (Wildman–Crippen MR) is 104 cm³/mol. The van der Waals surface area contributed by atoms with Crippen molar-refractivity contribution in [3.8, 4) is 0 Å². The summed E-state index contributed by atoms with van der Waals surface area (Å²) in [7, 11) is 0. The summed E-state index contributed by atoms with van der Waals surface area (Å²) in [6, 6.07) is 0. The molecule has 132 valence electrons. The van der Waals surface area contributed by atoms with Crippen LogP contribution in [0.1, 0.15) is 91.9 Å². The topological polar surface area (TPSA) is 26.3 Å². The van der Waals surface area contributed by atoms with Crippen LogP contribution in [0.3, 0.4) is 0 Å². The molecule has 0 aliphatic rings. The maximum atomic E-state index is 12.3. The van der Waals surface area contributed by atoms with Crippen LogP contribution in [-0.4, -0.2) is 41.2 Å². The number of hydrogen-bond acceptors (Lipinski definition) is 3. The van der Waals surface area contributed by atoms with E-state index >= 15 is 0 Å². The normalized spacial score (nSPS) is 11.4. The van der Waals surface area contributed by atoms with Gasteiger partial charge in [0, 0.05) is 0 Å². The molecule has 0 aromatic rings. The Bertz CT molecular complexity index is 262. The zero-order chi connectivity index (χ0) is 16.1. The monoisotopic (exact) mass is 438 g/mol. The van der Waals surface area contributed by atoms with E-state index in [4.69, 9.17) is 4.74 Å². The molecule has 0 rings (SSSR count). The van der Waals surface area contributed by atoms with Crippen LogP contribution in [0.25, 0.3) is 0 Å². The van der Waals surface area contributed by atoms with Crippen LogP contribution < -0.4 is 0 Å². The van der Waals surface area contributed by atoms with Crippen molar-refractivity contribution in [1.82, 2.24) is 0 Å². The van der Waals surface area contributed by atoms with Gasteiger partial charge >= 0.3 is 29.9 Å². The second-order valence-electron chi connectivity index (χ2n) is 6.62. The Morgan fingerprint density at radius 3 is 2.00 bits per heavy atom. The van der Waals surface area contributed by atoms with Crippen molar-refractivity contribution in [2.45, 2.75) is 96.7 Å². The Labute approximate surface area is 160 Å². The zero-order valence-electron chi connectivity index (χ0n) is 15.3. The third-order valence-corrected chi connectivity index (χ3v) is 4.56. The van der Waals surface area contributed by atoms with Gasteiger partial charge in [0.05, 0.1) is 6.61 Å². The van der Waals surface area contributed by atoms with Gasteiger partial charge in [0.25, 0.3) is 0 Å². The summed E-state index contributed by atoms with van der Waals surface area (Å²) in [4.78, 5) is 12.3. The summed E-state index contributed by atoms with van der Waals surface area (Å²) in [6.07, 6.45) is 10.5. The fourth-order valence-corrected chi connectivity index (χ4v) is 2.78. The van der Waals surface area contributed by atoms with Gasteiger partial charge in [0.2, 0.25) is 0 Å². The first-order valence-electron chi connectivity index (χ1n) is 8.85. The molecule has 2 nitrogen and oxygen atoms in total. The van der Waals surface area contributed by atoms with E-state index in [1.807, 2.05) is 0 Å². The molecular weight excluding hydrogens is 399 g/mol. The average Bonchev–Trinajstić information content (AvgIpc) is 2.45. The number of rotatable bonds is 13. The van der Waals surface area contributed by atoms with Crippen LogP contribution in [0.2, 0.25) is 0 Å². The number of ether oxygens (including phenoxy) is 1. The third kappa shape index (κ3) is 12.1. The molecule has 0 saturated heterocycles. The fraction of sp³-hybridized carbons (Fsp3) is 0.944. The summed E-state index contributed by atoms with van der Waals surface area (Å²) >= 11 is 4.68. The third-order valence-electron chi connectivity index (χ3n) is 3.93. The van der Waals surface area contributed by atoms with Gasteiger partial charge in [0.15, 0.2) is 0 Å². The van der Waals surface area contributed by atoms with E-state index in [0.29, 0.717) is 6.61 Å². The summed E-state index contributed by atoms with van der Waals surface area (Å²) in [5, 5.41) is 0. The van der Waals surface area contributed by atoms with E-state index in [-0.39, 0.29) is 29.9 Å². The van der Waals surface area contributed by atoms with Crippen LogP contribution in [-0.2, 0) is 9.53 Å². The van der Waals surface area contributed by atoms with E-state index in [2.05, 4.69) is 40.3 Å². The molecule has 0 aromatic heterocycles. The second-order valence-corrected chi connectivity index (χ2v) is 7.47. The molecule has 0 bridgehead atoms. The zero-order valence-corrected chi connectivity index (χ0v) is 20.3. The molecule has 4 heteroatoms. The van der Waals surface area contributed by atoms with Crippen molar-refractivity contribution in [3.05, 3.63) is 0 Å². The van der Waals surface area contributed by atoms with E-state index in [1.54, 1.807) is 0 Å². The van der Waals surface area contributed by atoms with Crippen LogP contribution >= 0.6 is 12.6 Å². The first kappa shape index (κ1) is 24.9. The summed E-state index contributed by atoms with van der Waals surface area (Å²) in [5.74, 6) is 0.664. The number of carbonyl (C=O) groups is 1. The van der Waals surface area contributed by atoms with Crippen molar-refractivity contribution in [3.63, 3.8) is 0 Å². The predicted octanol–water partition coefficient (Wildman–Crippen LogP) is 4.88. The van der Waals surface area contributed by atoms with Crippen molar-refractivity contribution < 1.29 is 9.53 Å². The second kappa shape index (κ2) is 15.2. The van der Waals surface area contributed by atoms with Crippen LogP contribution in [0.5, 0.6) is 0 Å². The number of esters is 1. The molecule has 0 amide bonds. The fourth-order valence-electron chi connectivity index (χ4n) is 2.40. The van der Waals surface area contributed by atoms with Gasteiger partial charge in [-0.05, 0) is 25.2 Å². The molecule has 0 aliphatic heterocycles. The van der Waals surface area contributed by atoms with Crippen molar-refractivity contribution in [2.75, 3.05) is 6.61 Å². The minimum absolute atomic E-state index is 0. The molecule has 0 N–H and O–H groups in total. The van der Waals surface area contributed by atoms with Crippen LogP contribution in [0.15, 0.2) is 0 Å². The van der Waals surface area contributed by atoms with Crippen molar-refractivity contribution in [1.29, 1.82) is 0 Å². The number of unbranched alkanes of at least 4 members (excludes halogenated alkanes) is 4. The molecule has 0 spiro atoms. The van der Waals surface area contributed by atoms with Gasteiger partial charge < -0.3 is 4.74 Å². The van der Waals surface area contributed by atoms with Gasteiger partial charge in [-0.3, -0.25) is 4.79 Å². The van der Waals surface area contributed by atoms with E-state index in [9.17, 15) is 4.79 Å². The number of thiol groups is 1. The number of carbonyl (C=O) groups excluding carboxylic acids is 1. The molecular formula is C18H38O2SSn. The van der Waals surface area contributed by atoms with Crippen LogP contribution in [0, 0.1) is 5.92 Å². The first-order chi connectivity index (χ1) is 9.96. The molecule has 0 atom stereocenters. The quantitative estimate of drug-likeness (QED) is 0.193. The van der Waals surface area contributed by atoms with Gasteiger partial charge in [-0.15, -0.1) is 0 Å². The molecule has 22 heavy (non-hydrogen) atoms. The Kier molecular flexibility index (Phi) is 17.1. The van der Waals surface area contributed by atoms with E-state index in [0.717, 1.165) is 57.3 Å².